The summed E-state index contributed by atoms with van der Waals surface area (Å²) >= 11 is 6.34. The van der Waals surface area contributed by atoms with Gasteiger partial charge in [0.25, 0.3) is 0 Å². The summed E-state index contributed by atoms with van der Waals surface area (Å²) in [7, 11) is 0. The minimum Gasteiger partial charge on any atom is -0.544 e. The number of halogens is 1. The molecular formula is C5H3ClNO2S-. The van der Waals surface area contributed by atoms with E-state index in [1.54, 1.807) is 6.92 Å². The Morgan fingerprint density at radius 3 is 2.60 bits per heavy atom. The Hall–Kier alpha value is -0.610. The Morgan fingerprint density at radius 2 is 2.40 bits per heavy atom. The molecule has 0 atom stereocenters. The number of hydrogen-bond donors (Lipinski definition) is 0. The zero-order valence-corrected chi connectivity index (χ0v) is 6.62. The van der Waals surface area contributed by atoms with Gasteiger partial charge in [0.15, 0.2) is 4.47 Å². The van der Waals surface area contributed by atoms with Gasteiger partial charge in [0.1, 0.15) is 0 Å². The van der Waals surface area contributed by atoms with Gasteiger partial charge in [-0.05, 0) is 6.92 Å². The molecule has 0 unspecified atom stereocenters. The monoisotopic (exact) mass is 176 g/mol. The molecule has 0 N–H and O–H groups in total. The lowest BCUT2D eigenvalue weighted by Crippen LogP contribution is -2.21. The number of carboxylic acids is 1. The molecule has 1 aromatic heterocycles. The number of aromatic nitrogens is 1. The second-order valence-electron chi connectivity index (χ2n) is 1.67. The van der Waals surface area contributed by atoms with Crippen LogP contribution in [-0.2, 0) is 0 Å². The first-order chi connectivity index (χ1) is 4.61. The lowest BCUT2D eigenvalue weighted by Gasteiger charge is -1.94. The van der Waals surface area contributed by atoms with E-state index < -0.39 is 5.97 Å². The van der Waals surface area contributed by atoms with Gasteiger partial charge in [-0.2, -0.15) is 0 Å². The summed E-state index contributed by atoms with van der Waals surface area (Å²) in [5.74, 6) is -1.22. The van der Waals surface area contributed by atoms with Crippen molar-refractivity contribution in [2.45, 2.75) is 6.92 Å². The summed E-state index contributed by atoms with van der Waals surface area (Å²) in [6.45, 7) is 1.58. The fraction of sp³-hybridized carbons (Fsp3) is 0.200. The second-order valence-corrected chi connectivity index (χ2v) is 3.25. The third-order valence-electron chi connectivity index (χ3n) is 0.956. The predicted molar refractivity (Wildman–Crippen MR) is 36.2 cm³/mol. The van der Waals surface area contributed by atoms with E-state index in [4.69, 9.17) is 11.6 Å². The molecule has 0 aliphatic rings. The van der Waals surface area contributed by atoms with Crippen molar-refractivity contribution < 1.29 is 9.90 Å². The standard InChI is InChI=1S/C5H4ClNO2S/c1-2-3(4(8)9)10-5(6)7-2/h1H3,(H,8,9)/p-1. The van der Waals surface area contributed by atoms with Gasteiger partial charge in [0, 0.05) is 0 Å². The van der Waals surface area contributed by atoms with Crippen LogP contribution < -0.4 is 5.11 Å². The van der Waals surface area contributed by atoms with Crippen molar-refractivity contribution in [3.63, 3.8) is 0 Å². The number of aromatic carboxylic acids is 1. The molecule has 1 rings (SSSR count). The highest BCUT2D eigenvalue weighted by atomic mass is 35.5. The maximum Gasteiger partial charge on any atom is 0.184 e. The molecule has 0 spiro atoms. The van der Waals surface area contributed by atoms with Crippen molar-refractivity contribution in [1.29, 1.82) is 0 Å². The Labute approximate surface area is 66.3 Å². The van der Waals surface area contributed by atoms with Crippen LogP contribution in [0.15, 0.2) is 0 Å². The smallest absolute Gasteiger partial charge is 0.184 e. The largest absolute Gasteiger partial charge is 0.544 e. The molecular weight excluding hydrogens is 174 g/mol. The van der Waals surface area contributed by atoms with Crippen molar-refractivity contribution in [2.75, 3.05) is 0 Å². The number of hydrogen-bond acceptors (Lipinski definition) is 4. The Bertz CT molecular complexity index is 271. The van der Waals surface area contributed by atoms with Crippen molar-refractivity contribution >= 4 is 28.9 Å². The molecule has 1 aromatic rings. The van der Waals surface area contributed by atoms with Crippen LogP contribution >= 0.6 is 22.9 Å². The molecule has 0 radical (unpaired) electrons. The first kappa shape index (κ1) is 7.50. The number of rotatable bonds is 1. The Kier molecular flexibility index (Phi) is 1.92. The van der Waals surface area contributed by atoms with Gasteiger partial charge in [0.05, 0.1) is 16.5 Å². The lowest BCUT2D eigenvalue weighted by atomic mass is 10.4. The van der Waals surface area contributed by atoms with E-state index in [1.807, 2.05) is 0 Å². The van der Waals surface area contributed by atoms with E-state index in [0.29, 0.717) is 5.69 Å². The topological polar surface area (TPSA) is 53.0 Å². The highest BCUT2D eigenvalue weighted by molar-refractivity contribution is 7.17. The Balaban J connectivity index is 3.15. The fourth-order valence-electron chi connectivity index (χ4n) is 0.553. The van der Waals surface area contributed by atoms with Crippen LogP contribution in [-0.4, -0.2) is 11.0 Å². The van der Waals surface area contributed by atoms with Crippen LogP contribution in [0.2, 0.25) is 4.47 Å². The molecule has 1 heterocycles. The molecule has 0 saturated heterocycles. The summed E-state index contributed by atoms with van der Waals surface area (Å²) < 4.78 is 0.233. The SMILES string of the molecule is Cc1nc(Cl)sc1C(=O)[O-]. The zero-order chi connectivity index (χ0) is 7.72. The molecule has 0 amide bonds. The van der Waals surface area contributed by atoms with Gasteiger partial charge in [-0.3, -0.25) is 0 Å². The molecule has 0 fully saturated rings. The van der Waals surface area contributed by atoms with Crippen LogP contribution in [0.5, 0.6) is 0 Å². The molecule has 10 heavy (non-hydrogen) atoms. The maximum atomic E-state index is 10.2. The quantitative estimate of drug-likeness (QED) is 0.625. The zero-order valence-electron chi connectivity index (χ0n) is 5.05. The van der Waals surface area contributed by atoms with Crippen molar-refractivity contribution in [1.82, 2.24) is 4.98 Å². The molecule has 0 aliphatic carbocycles. The molecule has 0 bridgehead atoms. The number of aryl methyl sites for hydroxylation is 1. The third-order valence-corrected chi connectivity index (χ3v) is 2.20. The summed E-state index contributed by atoms with van der Waals surface area (Å²) in [4.78, 5) is 14.0. The first-order valence-corrected chi connectivity index (χ1v) is 3.65. The van der Waals surface area contributed by atoms with Crippen LogP contribution in [0.25, 0.3) is 0 Å². The van der Waals surface area contributed by atoms with Gasteiger partial charge in [-0.15, -0.1) is 11.3 Å². The minimum absolute atomic E-state index is 0.102. The number of carbonyl (C=O) groups is 1. The highest BCUT2D eigenvalue weighted by Crippen LogP contribution is 2.20. The normalized spacial score (nSPS) is 9.80. The van der Waals surface area contributed by atoms with E-state index in [2.05, 4.69) is 4.98 Å². The number of carbonyl (C=O) groups excluding carboxylic acids is 1. The van der Waals surface area contributed by atoms with Crippen molar-refractivity contribution in [3.05, 3.63) is 15.0 Å². The van der Waals surface area contributed by atoms with Crippen molar-refractivity contribution in [2.24, 2.45) is 0 Å². The van der Waals surface area contributed by atoms with Gasteiger partial charge >= 0.3 is 0 Å². The van der Waals surface area contributed by atoms with Crippen LogP contribution in [0.3, 0.4) is 0 Å². The van der Waals surface area contributed by atoms with Crippen LogP contribution in [0.4, 0.5) is 0 Å². The number of carboxylic acid groups (broad SMARTS) is 1. The first-order valence-electron chi connectivity index (χ1n) is 2.45. The summed E-state index contributed by atoms with van der Waals surface area (Å²) in [5.41, 5.74) is 0.412. The fourth-order valence-corrected chi connectivity index (χ4v) is 1.54. The number of thiazole rings is 1. The summed E-state index contributed by atoms with van der Waals surface area (Å²) in [5, 5.41) is 10.2. The third kappa shape index (κ3) is 1.27. The molecule has 5 heteroatoms. The maximum absolute atomic E-state index is 10.2. The van der Waals surface area contributed by atoms with Crippen LogP contribution in [0, 0.1) is 6.92 Å². The van der Waals surface area contributed by atoms with Gasteiger partial charge in [-0.25, -0.2) is 4.98 Å². The Morgan fingerprint density at radius 1 is 1.80 bits per heavy atom. The van der Waals surface area contributed by atoms with Crippen molar-refractivity contribution in [3.8, 4) is 0 Å². The molecule has 0 aromatic carbocycles. The average Bonchev–Trinajstić information content (AvgIpc) is 2.10. The molecule has 0 saturated carbocycles. The molecule has 0 aliphatic heterocycles. The van der Waals surface area contributed by atoms with E-state index >= 15 is 0 Å². The van der Waals surface area contributed by atoms with Gasteiger partial charge in [0.2, 0.25) is 0 Å². The second kappa shape index (κ2) is 2.56. The van der Waals surface area contributed by atoms with Gasteiger partial charge < -0.3 is 9.90 Å². The minimum atomic E-state index is -1.22. The molecule has 3 nitrogen and oxygen atoms in total. The molecule has 54 valence electrons. The lowest BCUT2D eigenvalue weighted by molar-refractivity contribution is -0.254. The van der Waals surface area contributed by atoms with E-state index in [9.17, 15) is 9.90 Å². The highest BCUT2D eigenvalue weighted by Gasteiger charge is 2.04. The average molecular weight is 177 g/mol. The summed E-state index contributed by atoms with van der Waals surface area (Å²) in [6, 6.07) is 0. The van der Waals surface area contributed by atoms with E-state index in [1.165, 1.54) is 0 Å². The van der Waals surface area contributed by atoms with Gasteiger partial charge in [-0.1, -0.05) is 11.6 Å². The number of nitrogens with zero attached hydrogens (tertiary/aromatic N) is 1. The van der Waals surface area contributed by atoms with E-state index in [-0.39, 0.29) is 9.34 Å². The van der Waals surface area contributed by atoms with E-state index in [0.717, 1.165) is 11.3 Å². The van der Waals surface area contributed by atoms with Crippen LogP contribution in [0.1, 0.15) is 15.4 Å². The summed E-state index contributed by atoms with van der Waals surface area (Å²) in [6.07, 6.45) is 0. The predicted octanol–water partition coefficient (Wildman–Crippen LogP) is 0.468.